The van der Waals surface area contributed by atoms with Crippen LogP contribution in [-0.2, 0) is 6.18 Å². The van der Waals surface area contributed by atoms with Crippen LogP contribution >= 0.6 is 0 Å². The summed E-state index contributed by atoms with van der Waals surface area (Å²) in [6.07, 6.45) is -1.31. The monoisotopic (exact) mass is 339 g/mol. The first-order valence-electron chi connectivity index (χ1n) is 7.51. The zero-order valence-electron chi connectivity index (χ0n) is 12.8. The summed E-state index contributed by atoms with van der Waals surface area (Å²) in [7, 11) is 0. The largest absolute Gasteiger partial charge is 0.489 e. The molecule has 1 aromatic carbocycles. The number of aromatic nitrogens is 2. The van der Waals surface area contributed by atoms with E-state index in [1.165, 1.54) is 18.2 Å². The first-order chi connectivity index (χ1) is 11.5. The van der Waals surface area contributed by atoms with Gasteiger partial charge in [0, 0.05) is 5.56 Å². The first-order valence-corrected chi connectivity index (χ1v) is 7.51. The number of nitrogens with zero attached hydrogens (tertiary/aromatic N) is 2. The minimum Gasteiger partial charge on any atom is -0.489 e. The average molecular weight is 339 g/mol. The molecule has 1 unspecified atom stereocenters. The highest BCUT2D eigenvalue weighted by atomic mass is 19.4. The van der Waals surface area contributed by atoms with E-state index >= 15 is 0 Å². The van der Waals surface area contributed by atoms with Gasteiger partial charge in [0.25, 0.3) is 0 Å². The number of alkyl halides is 3. The SMILES string of the molecule is C=CCOc1ccc(-c2noc(C3CCCN3)n2)cc1C(F)(F)F. The lowest BCUT2D eigenvalue weighted by atomic mass is 10.1. The summed E-state index contributed by atoms with van der Waals surface area (Å²) in [6.45, 7) is 4.27. The summed E-state index contributed by atoms with van der Waals surface area (Å²) in [4.78, 5) is 4.21. The molecule has 128 valence electrons. The van der Waals surface area contributed by atoms with Crippen LogP contribution in [0.2, 0.25) is 0 Å². The Morgan fingerprint density at radius 1 is 1.42 bits per heavy atom. The molecule has 2 aromatic rings. The molecular formula is C16H16F3N3O2. The van der Waals surface area contributed by atoms with Gasteiger partial charge in [-0.25, -0.2) is 0 Å². The molecule has 0 aliphatic carbocycles. The molecule has 1 fully saturated rings. The van der Waals surface area contributed by atoms with Crippen molar-refractivity contribution >= 4 is 0 Å². The Bertz CT molecular complexity index is 722. The van der Waals surface area contributed by atoms with Crippen molar-refractivity contribution in [2.24, 2.45) is 0 Å². The van der Waals surface area contributed by atoms with Gasteiger partial charge in [-0.3, -0.25) is 0 Å². The zero-order valence-corrected chi connectivity index (χ0v) is 12.8. The Hall–Kier alpha value is -2.35. The molecule has 1 aliphatic heterocycles. The number of hydrogen-bond donors (Lipinski definition) is 1. The predicted molar refractivity (Wildman–Crippen MR) is 80.4 cm³/mol. The molecule has 5 nitrogen and oxygen atoms in total. The van der Waals surface area contributed by atoms with Crippen LogP contribution in [0.25, 0.3) is 11.4 Å². The van der Waals surface area contributed by atoms with Crippen molar-refractivity contribution in [2.75, 3.05) is 13.2 Å². The molecule has 24 heavy (non-hydrogen) atoms. The van der Waals surface area contributed by atoms with Crippen molar-refractivity contribution in [2.45, 2.75) is 25.1 Å². The third kappa shape index (κ3) is 3.43. The van der Waals surface area contributed by atoms with Gasteiger partial charge in [-0.15, -0.1) is 0 Å². The van der Waals surface area contributed by atoms with E-state index in [0.717, 1.165) is 25.5 Å². The van der Waals surface area contributed by atoms with Gasteiger partial charge >= 0.3 is 6.18 Å². The Kier molecular flexibility index (Phi) is 4.57. The third-order valence-electron chi connectivity index (χ3n) is 3.70. The maximum absolute atomic E-state index is 13.2. The number of rotatable bonds is 5. The average Bonchev–Trinajstić information content (AvgIpc) is 3.22. The summed E-state index contributed by atoms with van der Waals surface area (Å²) in [5.74, 6) is 0.259. The van der Waals surface area contributed by atoms with Gasteiger partial charge in [-0.05, 0) is 37.6 Å². The molecule has 1 atom stereocenters. The van der Waals surface area contributed by atoms with Gasteiger partial charge in [0.15, 0.2) is 0 Å². The molecule has 1 saturated heterocycles. The van der Waals surface area contributed by atoms with Crippen LogP contribution in [0.3, 0.4) is 0 Å². The molecule has 8 heteroatoms. The van der Waals surface area contributed by atoms with Crippen LogP contribution in [-0.4, -0.2) is 23.3 Å². The van der Waals surface area contributed by atoms with Gasteiger partial charge < -0.3 is 14.6 Å². The van der Waals surface area contributed by atoms with Crippen molar-refractivity contribution < 1.29 is 22.4 Å². The van der Waals surface area contributed by atoms with E-state index in [9.17, 15) is 13.2 Å². The van der Waals surface area contributed by atoms with E-state index in [2.05, 4.69) is 22.0 Å². The third-order valence-corrected chi connectivity index (χ3v) is 3.70. The van der Waals surface area contributed by atoms with Crippen molar-refractivity contribution in [1.29, 1.82) is 0 Å². The quantitative estimate of drug-likeness (QED) is 0.841. The van der Waals surface area contributed by atoms with Gasteiger partial charge in [0.05, 0.1) is 11.6 Å². The van der Waals surface area contributed by atoms with Gasteiger partial charge in [-0.2, -0.15) is 18.2 Å². The fourth-order valence-electron chi connectivity index (χ4n) is 2.55. The number of benzene rings is 1. The van der Waals surface area contributed by atoms with Crippen molar-refractivity contribution in [1.82, 2.24) is 15.5 Å². The van der Waals surface area contributed by atoms with E-state index in [1.54, 1.807) is 0 Å². The highest BCUT2D eigenvalue weighted by Crippen LogP contribution is 2.38. The van der Waals surface area contributed by atoms with Crippen LogP contribution in [0.1, 0.15) is 30.3 Å². The molecular weight excluding hydrogens is 323 g/mol. The Balaban J connectivity index is 1.92. The smallest absolute Gasteiger partial charge is 0.419 e. The molecule has 1 aromatic heterocycles. The number of nitrogens with one attached hydrogen (secondary N) is 1. The van der Waals surface area contributed by atoms with Gasteiger partial charge in [-0.1, -0.05) is 17.8 Å². The van der Waals surface area contributed by atoms with E-state index in [1.807, 2.05) is 0 Å². The van der Waals surface area contributed by atoms with E-state index in [4.69, 9.17) is 9.26 Å². The maximum Gasteiger partial charge on any atom is 0.419 e. The zero-order chi connectivity index (χ0) is 17.2. The summed E-state index contributed by atoms with van der Waals surface area (Å²) >= 11 is 0. The highest BCUT2D eigenvalue weighted by molar-refractivity contribution is 5.59. The summed E-state index contributed by atoms with van der Waals surface area (Å²) in [5, 5.41) is 7.00. The Morgan fingerprint density at radius 2 is 2.25 bits per heavy atom. The lowest BCUT2D eigenvalue weighted by Crippen LogP contribution is -2.13. The Labute approximate surface area is 136 Å². The molecule has 1 N–H and O–H groups in total. The van der Waals surface area contributed by atoms with Crippen LogP contribution in [0, 0.1) is 0 Å². The van der Waals surface area contributed by atoms with Crippen LogP contribution in [0.15, 0.2) is 35.4 Å². The Morgan fingerprint density at radius 3 is 2.92 bits per heavy atom. The molecule has 0 radical (unpaired) electrons. The fraction of sp³-hybridized carbons (Fsp3) is 0.375. The van der Waals surface area contributed by atoms with Crippen molar-refractivity contribution in [3.63, 3.8) is 0 Å². The van der Waals surface area contributed by atoms with Crippen molar-refractivity contribution in [3.8, 4) is 17.1 Å². The number of hydrogen-bond acceptors (Lipinski definition) is 5. The number of halogens is 3. The van der Waals surface area contributed by atoms with Crippen LogP contribution < -0.4 is 10.1 Å². The minimum absolute atomic E-state index is 0.0118. The molecule has 0 saturated carbocycles. The standard InChI is InChI=1S/C16H16F3N3O2/c1-2-8-23-13-6-5-10(9-11(13)16(17,18)19)14-21-15(24-22-14)12-4-3-7-20-12/h2,5-6,9,12,20H,1,3-4,7-8H2. The normalized spacial score (nSPS) is 17.9. The molecule has 0 spiro atoms. The second-order valence-electron chi connectivity index (χ2n) is 5.41. The summed E-state index contributed by atoms with van der Waals surface area (Å²) < 4.78 is 50.0. The maximum atomic E-state index is 13.2. The van der Waals surface area contributed by atoms with Crippen LogP contribution in [0.5, 0.6) is 5.75 Å². The summed E-state index contributed by atoms with van der Waals surface area (Å²) in [5.41, 5.74) is -0.659. The molecule has 0 amide bonds. The first kappa shape index (κ1) is 16.5. The van der Waals surface area contributed by atoms with Gasteiger partial charge in [0.2, 0.25) is 11.7 Å². The van der Waals surface area contributed by atoms with Crippen molar-refractivity contribution in [3.05, 3.63) is 42.3 Å². The fourth-order valence-corrected chi connectivity index (χ4v) is 2.55. The van der Waals surface area contributed by atoms with E-state index < -0.39 is 11.7 Å². The van der Waals surface area contributed by atoms with Gasteiger partial charge in [0.1, 0.15) is 12.4 Å². The molecule has 3 rings (SSSR count). The topological polar surface area (TPSA) is 60.2 Å². The van der Waals surface area contributed by atoms with Crippen LogP contribution in [0.4, 0.5) is 13.2 Å². The second-order valence-corrected chi connectivity index (χ2v) is 5.41. The predicted octanol–water partition coefficient (Wildman–Crippen LogP) is 3.74. The molecule has 2 heterocycles. The van der Waals surface area contributed by atoms with E-state index in [0.29, 0.717) is 5.89 Å². The second kappa shape index (κ2) is 6.64. The minimum atomic E-state index is -4.55. The molecule has 0 bridgehead atoms. The lowest BCUT2D eigenvalue weighted by Gasteiger charge is -2.13. The molecule has 1 aliphatic rings. The van der Waals surface area contributed by atoms with E-state index in [-0.39, 0.29) is 29.8 Å². The number of ether oxygens (including phenoxy) is 1. The highest BCUT2D eigenvalue weighted by Gasteiger charge is 2.35. The summed E-state index contributed by atoms with van der Waals surface area (Å²) in [6, 6.07) is 3.66. The lowest BCUT2D eigenvalue weighted by molar-refractivity contribution is -0.138.